The highest BCUT2D eigenvalue weighted by molar-refractivity contribution is 7.91. The Morgan fingerprint density at radius 3 is 2.24 bits per heavy atom. The second kappa shape index (κ2) is 7.62. The second-order valence-electron chi connectivity index (χ2n) is 9.94. The van der Waals surface area contributed by atoms with E-state index in [1.54, 1.807) is 37.3 Å². The Labute approximate surface area is 192 Å². The largest absolute Gasteiger partial charge is 0.509 e. The summed E-state index contributed by atoms with van der Waals surface area (Å²) in [5.74, 6) is 0.538. The molecule has 11 heteroatoms. The van der Waals surface area contributed by atoms with Gasteiger partial charge < -0.3 is 14.8 Å². The lowest BCUT2D eigenvalue weighted by atomic mass is 9.91. The van der Waals surface area contributed by atoms with E-state index in [1.165, 1.54) is 4.63 Å². The van der Waals surface area contributed by atoms with Crippen molar-refractivity contribution >= 4 is 27.0 Å². The van der Waals surface area contributed by atoms with Gasteiger partial charge in [0.05, 0.1) is 16.4 Å². The summed E-state index contributed by atoms with van der Waals surface area (Å²) in [4.78, 5) is 4.58. The molecule has 4 aromatic rings. The molecular weight excluding hydrogens is 440 g/mol. The Balaban J connectivity index is 1.92. The predicted molar refractivity (Wildman–Crippen MR) is 121 cm³/mol. The third kappa shape index (κ3) is 4.08. The van der Waals surface area contributed by atoms with Gasteiger partial charge >= 0.3 is 5.65 Å². The summed E-state index contributed by atoms with van der Waals surface area (Å²) in [6.45, 7) is 13.5. The number of hydrogen-bond donors (Lipinski definition) is 1. The van der Waals surface area contributed by atoms with Crippen molar-refractivity contribution in [3.05, 3.63) is 47.5 Å². The summed E-state index contributed by atoms with van der Waals surface area (Å²) in [5, 5.41) is 24.6. The van der Waals surface area contributed by atoms with E-state index in [2.05, 4.69) is 35.6 Å². The maximum Gasteiger partial charge on any atom is 0.325 e. The Bertz CT molecular complexity index is 1450. The van der Waals surface area contributed by atoms with Crippen LogP contribution in [0.2, 0.25) is 0 Å². The van der Waals surface area contributed by atoms with Gasteiger partial charge in [-0.05, 0) is 24.5 Å². The van der Waals surface area contributed by atoms with Gasteiger partial charge in [-0.1, -0.05) is 70.4 Å². The molecule has 3 aromatic heterocycles. The number of benzene rings is 1. The second-order valence-corrected chi connectivity index (χ2v) is 11.8. The van der Waals surface area contributed by atoms with E-state index in [0.717, 1.165) is 0 Å². The summed E-state index contributed by atoms with van der Waals surface area (Å²) in [5.41, 5.74) is 1.13. The van der Waals surface area contributed by atoms with Gasteiger partial charge in [0.1, 0.15) is 4.90 Å². The molecule has 0 bridgehead atoms. The van der Waals surface area contributed by atoms with Crippen LogP contribution in [0.4, 0.5) is 11.5 Å². The van der Waals surface area contributed by atoms with Crippen LogP contribution in [0, 0.1) is 6.92 Å². The van der Waals surface area contributed by atoms with Crippen molar-refractivity contribution in [3.8, 4) is 0 Å². The summed E-state index contributed by atoms with van der Waals surface area (Å²) in [6, 6.07) is 8.23. The molecule has 0 atom stereocenters. The number of rotatable bonds is 4. The molecule has 0 aliphatic carbocycles. The molecule has 0 amide bonds. The maximum atomic E-state index is 13.6. The highest BCUT2D eigenvalue weighted by Gasteiger charge is 2.33. The van der Waals surface area contributed by atoms with Crippen molar-refractivity contribution < 1.29 is 13.0 Å². The molecule has 0 spiro atoms. The molecule has 0 radical (unpaired) electrons. The standard InChI is InChI=1S/C22H27N8O2S/c1-13-23-20-15(17(21(2,3)4)29-30(20)28-13)24-26-19-16(18(25-27-19)22(5,6)7)33(31,32)14-11-9-8-10-12-14/h8-12H,1-7H3,(H-,23,25,27,28)/q-1. The van der Waals surface area contributed by atoms with Gasteiger partial charge in [0, 0.05) is 5.41 Å². The number of H-pyrrole nitrogens is 1. The summed E-state index contributed by atoms with van der Waals surface area (Å²) in [6.07, 6.45) is 0. The molecule has 174 valence electrons. The SMILES string of the molecule is Cc1nc2c(N=Nc3n[nH]c(C(C)(C)C)c3S(=O)(=O)c3ccccc3)c(C(C)(C)C)[n-][n+]2[n-]1. The van der Waals surface area contributed by atoms with E-state index in [1.807, 2.05) is 41.5 Å². The van der Waals surface area contributed by atoms with Gasteiger partial charge in [0.25, 0.3) is 0 Å². The number of hydrogen-bond acceptors (Lipinski definition) is 6. The first-order valence-corrected chi connectivity index (χ1v) is 12.0. The first-order chi connectivity index (χ1) is 15.3. The predicted octanol–water partition coefficient (Wildman–Crippen LogP) is 3.61. The number of aryl methyl sites for hydroxylation is 1. The molecule has 10 nitrogen and oxygen atoms in total. The van der Waals surface area contributed by atoms with Crippen LogP contribution in [-0.2, 0) is 20.7 Å². The zero-order valence-corrected chi connectivity index (χ0v) is 20.6. The van der Waals surface area contributed by atoms with E-state index in [9.17, 15) is 8.42 Å². The van der Waals surface area contributed by atoms with Gasteiger partial charge in [-0.2, -0.15) is 5.10 Å². The lowest BCUT2D eigenvalue weighted by Gasteiger charge is -2.23. The summed E-state index contributed by atoms with van der Waals surface area (Å²) in [7, 11) is -3.90. The zero-order chi connectivity index (χ0) is 24.2. The average molecular weight is 468 g/mol. The fourth-order valence-electron chi connectivity index (χ4n) is 3.44. The van der Waals surface area contributed by atoms with Crippen molar-refractivity contribution in [2.75, 3.05) is 0 Å². The highest BCUT2D eigenvalue weighted by Crippen LogP contribution is 2.38. The first-order valence-electron chi connectivity index (χ1n) is 10.5. The fraction of sp³-hybridized carbons (Fsp3) is 0.409. The van der Waals surface area contributed by atoms with Crippen LogP contribution in [0.15, 0.2) is 50.4 Å². The molecule has 4 rings (SSSR count). The van der Waals surface area contributed by atoms with Gasteiger partial charge in [-0.3, -0.25) is 5.10 Å². The molecule has 0 aliphatic heterocycles. The van der Waals surface area contributed by atoms with Crippen molar-refractivity contribution in [1.29, 1.82) is 0 Å². The molecule has 0 fully saturated rings. The summed E-state index contributed by atoms with van der Waals surface area (Å²) >= 11 is 0. The van der Waals surface area contributed by atoms with E-state index >= 15 is 0 Å². The monoisotopic (exact) mass is 467 g/mol. The molecule has 3 heterocycles. The van der Waals surface area contributed by atoms with Gasteiger partial charge in [0.2, 0.25) is 15.7 Å². The third-order valence-electron chi connectivity index (χ3n) is 5.06. The van der Waals surface area contributed by atoms with Crippen LogP contribution in [0.5, 0.6) is 0 Å². The van der Waals surface area contributed by atoms with E-state index in [0.29, 0.717) is 28.5 Å². The number of sulfone groups is 1. The molecule has 0 unspecified atom stereocenters. The Morgan fingerprint density at radius 1 is 0.970 bits per heavy atom. The minimum absolute atomic E-state index is 0.00967. The highest BCUT2D eigenvalue weighted by atomic mass is 32.2. The third-order valence-corrected chi connectivity index (χ3v) is 6.88. The number of nitrogens with one attached hydrogen (secondary N) is 1. The molecule has 1 N–H and O–H groups in total. The fourth-order valence-corrected chi connectivity index (χ4v) is 5.13. The van der Waals surface area contributed by atoms with Gasteiger partial charge in [-0.25, -0.2) is 8.42 Å². The van der Waals surface area contributed by atoms with Crippen LogP contribution in [0.1, 0.15) is 58.8 Å². The van der Waals surface area contributed by atoms with Crippen LogP contribution >= 0.6 is 0 Å². The lowest BCUT2D eigenvalue weighted by Crippen LogP contribution is -2.31. The molecule has 0 saturated carbocycles. The number of aromatic amines is 1. The Hall–Kier alpha value is -3.34. The maximum absolute atomic E-state index is 13.6. The van der Waals surface area contributed by atoms with E-state index in [4.69, 9.17) is 0 Å². The zero-order valence-electron chi connectivity index (χ0n) is 19.7. The van der Waals surface area contributed by atoms with Crippen LogP contribution < -0.4 is 14.8 Å². The van der Waals surface area contributed by atoms with Crippen LogP contribution in [0.3, 0.4) is 0 Å². The quantitative estimate of drug-likeness (QED) is 0.360. The molecule has 0 saturated heterocycles. The van der Waals surface area contributed by atoms with Gasteiger partial charge in [-0.15, -0.1) is 10.2 Å². The molecule has 1 aromatic carbocycles. The normalized spacial score (nSPS) is 13.4. The topological polar surface area (TPSA) is 133 Å². The minimum atomic E-state index is -3.90. The molecular formula is C22H27N8O2S-. The smallest absolute Gasteiger partial charge is 0.325 e. The van der Waals surface area contributed by atoms with Gasteiger partial charge in [0.15, 0.2) is 5.69 Å². The molecule has 33 heavy (non-hydrogen) atoms. The number of fused-ring (bicyclic) bond motifs is 1. The van der Waals surface area contributed by atoms with Crippen molar-refractivity contribution in [1.82, 2.24) is 25.4 Å². The number of azo groups is 1. The Morgan fingerprint density at radius 2 is 1.64 bits per heavy atom. The number of nitrogens with zero attached hydrogens (tertiary/aromatic N) is 7. The van der Waals surface area contributed by atoms with E-state index < -0.39 is 15.3 Å². The van der Waals surface area contributed by atoms with Crippen LogP contribution in [-0.4, -0.2) is 23.6 Å². The minimum Gasteiger partial charge on any atom is -0.509 e. The lowest BCUT2D eigenvalue weighted by molar-refractivity contribution is -0.649. The van der Waals surface area contributed by atoms with Crippen LogP contribution in [0.25, 0.3) is 5.65 Å². The van der Waals surface area contributed by atoms with Crippen molar-refractivity contribution in [2.24, 2.45) is 10.2 Å². The number of aromatic nitrogens is 6. The van der Waals surface area contributed by atoms with Crippen molar-refractivity contribution in [2.45, 2.75) is 69.1 Å². The Kier molecular flexibility index (Phi) is 5.27. The first kappa shape index (κ1) is 22.8. The van der Waals surface area contributed by atoms with E-state index in [-0.39, 0.29) is 21.0 Å². The molecule has 0 aliphatic rings. The van der Waals surface area contributed by atoms with Crippen molar-refractivity contribution in [3.63, 3.8) is 0 Å². The average Bonchev–Trinajstić information content (AvgIpc) is 3.38. The summed E-state index contributed by atoms with van der Waals surface area (Å²) < 4.78 is 28.6.